The summed E-state index contributed by atoms with van der Waals surface area (Å²) >= 11 is 0. The second kappa shape index (κ2) is 14.8. The van der Waals surface area contributed by atoms with E-state index < -0.39 is 5.97 Å². The molecular weight excluding hydrogens is 301 g/mol. The van der Waals surface area contributed by atoms with Crippen LogP contribution in [0.25, 0.3) is 0 Å². The first-order valence-electron chi connectivity index (χ1n) is 8.70. The van der Waals surface area contributed by atoms with Gasteiger partial charge in [0.05, 0.1) is 6.61 Å². The van der Waals surface area contributed by atoms with E-state index in [0.29, 0.717) is 6.61 Å². The molecule has 1 rings (SSSR count). The van der Waals surface area contributed by atoms with Gasteiger partial charge in [-0.25, -0.2) is 4.79 Å². The molecule has 0 unspecified atom stereocenters. The third-order valence-corrected chi connectivity index (χ3v) is 3.86. The Balaban J connectivity index is -0.00000161. The molecule has 0 aliphatic heterocycles. The minimum absolute atomic E-state index is 0. The number of phenolic OH excluding ortho intramolecular Hbond substituents is 1. The van der Waals surface area contributed by atoms with Crippen LogP contribution in [-0.4, -0.2) is 40.7 Å². The first-order chi connectivity index (χ1) is 10.8. The van der Waals surface area contributed by atoms with Gasteiger partial charge in [-0.3, -0.25) is 0 Å². The van der Waals surface area contributed by atoms with Gasteiger partial charge in [-0.15, -0.1) is 0 Å². The van der Waals surface area contributed by atoms with Gasteiger partial charge in [0.1, 0.15) is 11.3 Å². The smallest absolute Gasteiger partial charge is 1.00 e. The number of hydrogen-bond donors (Lipinski definition) is 1. The van der Waals surface area contributed by atoms with Crippen LogP contribution in [0.5, 0.6) is 5.75 Å². The minimum atomic E-state index is -0.436. The van der Waals surface area contributed by atoms with E-state index in [1.807, 2.05) is 0 Å². The molecular formula is C19H32MgO3. The summed E-state index contributed by atoms with van der Waals surface area (Å²) in [6.45, 7) is 2.68. The molecule has 128 valence electrons. The Morgan fingerprint density at radius 1 is 0.957 bits per heavy atom. The summed E-state index contributed by atoms with van der Waals surface area (Å²) in [4.78, 5) is 11.7. The van der Waals surface area contributed by atoms with Crippen LogP contribution in [0.2, 0.25) is 0 Å². The molecule has 0 saturated carbocycles. The fraction of sp³-hybridized carbons (Fsp3) is 0.632. The summed E-state index contributed by atoms with van der Waals surface area (Å²) in [6.07, 6.45) is 12.6. The molecule has 23 heavy (non-hydrogen) atoms. The van der Waals surface area contributed by atoms with Crippen LogP contribution in [0, 0.1) is 0 Å². The van der Waals surface area contributed by atoms with E-state index in [0.717, 1.165) is 12.8 Å². The molecule has 4 heteroatoms. The number of unbranched alkanes of at least 4 members (excludes halogenated alkanes) is 9. The summed E-state index contributed by atoms with van der Waals surface area (Å²) in [5.41, 5.74) is 0.245. The summed E-state index contributed by atoms with van der Waals surface area (Å²) in [7, 11) is 0. The van der Waals surface area contributed by atoms with Crippen LogP contribution < -0.4 is 0 Å². The normalized spacial score (nSPS) is 10.1. The zero-order chi connectivity index (χ0) is 16.0. The largest absolute Gasteiger partial charge is 2.00 e. The maximum Gasteiger partial charge on any atom is 2.00 e. The number of phenols is 1. The van der Waals surface area contributed by atoms with Crippen molar-refractivity contribution in [1.29, 1.82) is 0 Å². The zero-order valence-corrected chi connectivity index (χ0v) is 16.0. The molecule has 0 aliphatic rings. The van der Waals surface area contributed by atoms with Crippen molar-refractivity contribution in [3.05, 3.63) is 29.8 Å². The Morgan fingerprint density at radius 3 is 2.04 bits per heavy atom. The first kappa shape index (κ1) is 22.3. The van der Waals surface area contributed by atoms with E-state index in [-0.39, 0.29) is 37.2 Å². The summed E-state index contributed by atoms with van der Waals surface area (Å²) < 4.78 is 5.18. The van der Waals surface area contributed by atoms with Crippen LogP contribution in [0.15, 0.2) is 24.3 Å². The molecule has 0 atom stereocenters. The Kier molecular flexibility index (Phi) is 14.3. The Hall–Kier alpha value is -0.744. The van der Waals surface area contributed by atoms with Crippen LogP contribution in [-0.2, 0) is 4.74 Å². The molecule has 0 radical (unpaired) electrons. The van der Waals surface area contributed by atoms with E-state index in [2.05, 4.69) is 6.92 Å². The van der Waals surface area contributed by atoms with Crippen LogP contribution in [0.3, 0.4) is 0 Å². The van der Waals surface area contributed by atoms with Crippen molar-refractivity contribution in [2.75, 3.05) is 6.61 Å². The number of hydrogen-bond acceptors (Lipinski definition) is 3. The molecule has 0 fully saturated rings. The Labute approximate surface area is 159 Å². The molecule has 1 aromatic rings. The van der Waals surface area contributed by atoms with Crippen molar-refractivity contribution in [3.63, 3.8) is 0 Å². The van der Waals surface area contributed by atoms with E-state index in [1.54, 1.807) is 18.2 Å². The van der Waals surface area contributed by atoms with E-state index in [1.165, 1.54) is 57.4 Å². The van der Waals surface area contributed by atoms with Gasteiger partial charge < -0.3 is 12.7 Å². The minimum Gasteiger partial charge on any atom is -1.00 e. The molecule has 1 aromatic carbocycles. The molecule has 0 aromatic heterocycles. The van der Waals surface area contributed by atoms with Gasteiger partial charge in [0.25, 0.3) is 0 Å². The van der Waals surface area contributed by atoms with Gasteiger partial charge in [-0.2, -0.15) is 0 Å². The van der Waals surface area contributed by atoms with E-state index >= 15 is 0 Å². The van der Waals surface area contributed by atoms with Gasteiger partial charge in [-0.1, -0.05) is 76.8 Å². The fourth-order valence-electron chi connectivity index (χ4n) is 2.48. The van der Waals surface area contributed by atoms with Gasteiger partial charge in [0, 0.05) is 0 Å². The fourth-order valence-corrected chi connectivity index (χ4v) is 2.48. The quantitative estimate of drug-likeness (QED) is 0.320. The number of rotatable bonds is 12. The van der Waals surface area contributed by atoms with Gasteiger partial charge >= 0.3 is 29.0 Å². The number of benzene rings is 1. The molecule has 0 spiro atoms. The summed E-state index contributed by atoms with van der Waals surface area (Å²) in [5, 5.41) is 9.56. The van der Waals surface area contributed by atoms with Crippen molar-refractivity contribution in [2.24, 2.45) is 0 Å². The summed E-state index contributed by atoms with van der Waals surface area (Å²) in [6, 6.07) is 6.48. The SMILES string of the molecule is CCCCCCCCCCCCOC(=O)c1ccccc1O.[H-].[H-].[Mg+2]. The van der Waals surface area contributed by atoms with Crippen molar-refractivity contribution in [3.8, 4) is 5.75 Å². The Morgan fingerprint density at radius 2 is 1.48 bits per heavy atom. The standard InChI is InChI=1S/C19H30O3.Mg.2H/c1-2-3-4-5-6-7-8-9-10-13-16-22-19(21)17-14-11-12-15-18(17)20;;;/h11-12,14-15,20H,2-10,13,16H2,1H3;;;/q;+2;2*-1. The molecule has 0 heterocycles. The molecule has 0 saturated heterocycles. The maximum atomic E-state index is 11.7. The average Bonchev–Trinajstić information content (AvgIpc) is 2.53. The number of aromatic hydroxyl groups is 1. The average molecular weight is 333 g/mol. The number of esters is 1. The van der Waals surface area contributed by atoms with Crippen LogP contribution >= 0.6 is 0 Å². The monoisotopic (exact) mass is 332 g/mol. The maximum absolute atomic E-state index is 11.7. The predicted octanol–water partition coefficient (Wildman–Crippen LogP) is 5.31. The summed E-state index contributed by atoms with van der Waals surface area (Å²) in [5.74, 6) is -0.454. The molecule has 0 amide bonds. The third kappa shape index (κ3) is 10.6. The topological polar surface area (TPSA) is 46.5 Å². The molecule has 3 nitrogen and oxygen atoms in total. The third-order valence-electron chi connectivity index (χ3n) is 3.86. The second-order valence-electron chi connectivity index (χ2n) is 5.84. The van der Waals surface area contributed by atoms with Crippen molar-refractivity contribution >= 4 is 29.0 Å². The number of carbonyl (C=O) groups excluding carboxylic acids is 1. The first-order valence-corrected chi connectivity index (χ1v) is 8.70. The van der Waals surface area contributed by atoms with Crippen molar-refractivity contribution in [1.82, 2.24) is 0 Å². The number of para-hydroxylation sites is 1. The molecule has 1 N–H and O–H groups in total. The van der Waals surface area contributed by atoms with E-state index in [4.69, 9.17) is 4.74 Å². The second-order valence-corrected chi connectivity index (χ2v) is 5.84. The Bertz CT molecular complexity index is 431. The van der Waals surface area contributed by atoms with Gasteiger partial charge in [0.15, 0.2) is 0 Å². The predicted molar refractivity (Wildman–Crippen MR) is 98.2 cm³/mol. The number of ether oxygens (including phenoxy) is 1. The number of carbonyl (C=O) groups is 1. The molecule has 0 bridgehead atoms. The van der Waals surface area contributed by atoms with Gasteiger partial charge in [-0.05, 0) is 18.6 Å². The van der Waals surface area contributed by atoms with Crippen LogP contribution in [0.1, 0.15) is 84.3 Å². The van der Waals surface area contributed by atoms with Gasteiger partial charge in [0.2, 0.25) is 0 Å². The van der Waals surface area contributed by atoms with Crippen molar-refractivity contribution < 1.29 is 17.5 Å². The van der Waals surface area contributed by atoms with E-state index in [9.17, 15) is 9.90 Å². The van der Waals surface area contributed by atoms with Crippen molar-refractivity contribution in [2.45, 2.75) is 71.1 Å². The van der Waals surface area contributed by atoms with Crippen LogP contribution in [0.4, 0.5) is 0 Å². The molecule has 0 aliphatic carbocycles. The zero-order valence-electron chi connectivity index (χ0n) is 16.6.